The molecule has 4 aromatic rings. The van der Waals surface area contributed by atoms with Crippen LogP contribution in [0.2, 0.25) is 0 Å². The zero-order valence-electron chi connectivity index (χ0n) is 23.2. The molecule has 0 saturated carbocycles. The fourth-order valence-corrected chi connectivity index (χ4v) is 5.97. The summed E-state index contributed by atoms with van der Waals surface area (Å²) in [6.45, 7) is 3.46. The van der Waals surface area contributed by atoms with Crippen molar-refractivity contribution in [3.05, 3.63) is 66.4 Å². The summed E-state index contributed by atoms with van der Waals surface area (Å²) in [6.07, 6.45) is 5.37. The third kappa shape index (κ3) is 5.38. The van der Waals surface area contributed by atoms with Gasteiger partial charge in [0.05, 0.1) is 13.1 Å². The number of carbonyl (C=O) groups is 1. The van der Waals surface area contributed by atoms with E-state index in [2.05, 4.69) is 24.3 Å². The number of nitrogens with zero attached hydrogens (tertiary/aromatic N) is 7. The standard InChI is InChI=1S/C30H36FN7O2/c1-35(2)20-23-8-9-24(40-23)21-36-18-12-30(31,13-19-36)29(39)37-16-10-22(11-17-37)38-27-26(7-5-15-33-27)34-28(38)25-6-3-4-14-32-25/h3-9,14-15,22H,10-13,16-21H2,1-2H3. The molecular formula is C30H36FN7O2. The number of rotatable bonds is 7. The van der Waals surface area contributed by atoms with Gasteiger partial charge in [-0.2, -0.15) is 0 Å². The van der Waals surface area contributed by atoms with Crippen LogP contribution in [0.15, 0.2) is 59.3 Å². The van der Waals surface area contributed by atoms with Crippen molar-refractivity contribution in [2.45, 2.75) is 50.5 Å². The number of furan rings is 1. The minimum absolute atomic E-state index is 0.101. The lowest BCUT2D eigenvalue weighted by molar-refractivity contribution is -0.149. The summed E-state index contributed by atoms with van der Waals surface area (Å²) < 4.78 is 24.1. The molecule has 4 aromatic heterocycles. The molecule has 6 rings (SSSR count). The van der Waals surface area contributed by atoms with Crippen molar-refractivity contribution >= 4 is 17.1 Å². The quantitative estimate of drug-likeness (QED) is 0.342. The van der Waals surface area contributed by atoms with Gasteiger partial charge < -0.3 is 18.8 Å². The number of piperidine rings is 2. The van der Waals surface area contributed by atoms with E-state index in [4.69, 9.17) is 9.40 Å². The third-order valence-electron chi connectivity index (χ3n) is 8.06. The number of aromatic nitrogens is 4. The molecule has 2 fully saturated rings. The number of likely N-dealkylation sites (tertiary alicyclic amines) is 2. The molecule has 10 heteroatoms. The number of halogens is 1. The molecule has 40 heavy (non-hydrogen) atoms. The van der Waals surface area contributed by atoms with Gasteiger partial charge in [-0.3, -0.25) is 14.7 Å². The van der Waals surface area contributed by atoms with Crippen LogP contribution in [-0.2, 0) is 17.9 Å². The van der Waals surface area contributed by atoms with E-state index < -0.39 is 5.67 Å². The first-order valence-electron chi connectivity index (χ1n) is 14.1. The van der Waals surface area contributed by atoms with Crippen molar-refractivity contribution in [1.82, 2.24) is 34.2 Å². The fourth-order valence-electron chi connectivity index (χ4n) is 5.97. The Kier molecular flexibility index (Phi) is 7.37. The van der Waals surface area contributed by atoms with Gasteiger partial charge in [0.25, 0.3) is 5.91 Å². The molecule has 9 nitrogen and oxygen atoms in total. The largest absolute Gasteiger partial charge is 0.463 e. The highest BCUT2D eigenvalue weighted by Gasteiger charge is 2.45. The molecule has 0 unspecified atom stereocenters. The lowest BCUT2D eigenvalue weighted by atomic mass is 9.90. The Morgan fingerprint density at radius 3 is 2.48 bits per heavy atom. The summed E-state index contributed by atoms with van der Waals surface area (Å²) in [5.74, 6) is 2.21. The molecule has 2 aliphatic rings. The van der Waals surface area contributed by atoms with E-state index in [1.165, 1.54) is 0 Å². The van der Waals surface area contributed by atoms with Crippen molar-refractivity contribution in [3.63, 3.8) is 0 Å². The molecule has 0 spiro atoms. The number of carbonyl (C=O) groups excluding carboxylic acids is 1. The van der Waals surface area contributed by atoms with E-state index in [0.717, 1.165) is 40.7 Å². The lowest BCUT2D eigenvalue weighted by Crippen LogP contribution is -2.53. The maximum Gasteiger partial charge on any atom is 0.260 e. The molecule has 2 aliphatic heterocycles. The highest BCUT2D eigenvalue weighted by atomic mass is 19.1. The molecule has 0 aliphatic carbocycles. The Bertz CT molecular complexity index is 1450. The molecule has 0 radical (unpaired) electrons. The highest BCUT2D eigenvalue weighted by Crippen LogP contribution is 2.35. The summed E-state index contributed by atoms with van der Waals surface area (Å²) >= 11 is 0. The van der Waals surface area contributed by atoms with Crippen molar-refractivity contribution < 1.29 is 13.6 Å². The van der Waals surface area contributed by atoms with E-state index in [1.807, 2.05) is 56.6 Å². The van der Waals surface area contributed by atoms with Gasteiger partial charge in [-0.1, -0.05) is 6.07 Å². The van der Waals surface area contributed by atoms with Crippen LogP contribution in [0, 0.1) is 0 Å². The molecule has 1 amide bonds. The van der Waals surface area contributed by atoms with Gasteiger partial charge in [0.1, 0.15) is 22.7 Å². The second kappa shape index (κ2) is 11.1. The number of amides is 1. The topological polar surface area (TPSA) is 83.5 Å². The minimum Gasteiger partial charge on any atom is -0.463 e. The van der Waals surface area contributed by atoms with Crippen molar-refractivity contribution in [2.24, 2.45) is 0 Å². The minimum atomic E-state index is -1.81. The molecule has 0 atom stereocenters. The Morgan fingerprint density at radius 1 is 1.00 bits per heavy atom. The monoisotopic (exact) mass is 545 g/mol. The van der Waals surface area contributed by atoms with Crippen molar-refractivity contribution in [2.75, 3.05) is 40.3 Å². The van der Waals surface area contributed by atoms with Crippen molar-refractivity contribution in [3.8, 4) is 11.5 Å². The molecule has 0 aromatic carbocycles. The molecule has 0 N–H and O–H groups in total. The molecule has 210 valence electrons. The zero-order chi connectivity index (χ0) is 27.7. The summed E-state index contributed by atoms with van der Waals surface area (Å²) in [4.78, 5) is 33.3. The van der Waals surface area contributed by atoms with Gasteiger partial charge in [-0.05, 0) is 63.3 Å². The number of alkyl halides is 1. The van der Waals surface area contributed by atoms with E-state index >= 15 is 4.39 Å². The lowest BCUT2D eigenvalue weighted by Gasteiger charge is -2.40. The van der Waals surface area contributed by atoms with Gasteiger partial charge in [0.2, 0.25) is 0 Å². The van der Waals surface area contributed by atoms with Crippen LogP contribution in [0.4, 0.5) is 4.39 Å². The maximum absolute atomic E-state index is 16.0. The number of pyridine rings is 2. The molecule has 0 bridgehead atoms. The number of hydrogen-bond acceptors (Lipinski definition) is 7. The maximum atomic E-state index is 16.0. The predicted molar refractivity (Wildman–Crippen MR) is 150 cm³/mol. The van der Waals surface area contributed by atoms with E-state index in [9.17, 15) is 4.79 Å². The van der Waals surface area contributed by atoms with Gasteiger partial charge in [0.15, 0.2) is 17.1 Å². The van der Waals surface area contributed by atoms with E-state index in [-0.39, 0.29) is 24.8 Å². The van der Waals surface area contributed by atoms with Crippen LogP contribution in [0.1, 0.15) is 43.2 Å². The van der Waals surface area contributed by atoms with Crippen LogP contribution < -0.4 is 0 Å². The van der Waals surface area contributed by atoms with E-state index in [0.29, 0.717) is 45.6 Å². The Labute approximate surface area is 233 Å². The molecule has 6 heterocycles. The van der Waals surface area contributed by atoms with Crippen LogP contribution >= 0.6 is 0 Å². The Morgan fingerprint density at radius 2 is 1.75 bits per heavy atom. The summed E-state index contributed by atoms with van der Waals surface area (Å²) in [5.41, 5.74) is 0.606. The zero-order valence-corrected chi connectivity index (χ0v) is 23.2. The average Bonchev–Trinajstić information content (AvgIpc) is 3.58. The average molecular weight is 546 g/mol. The SMILES string of the molecule is CN(C)Cc1ccc(CN2CCC(F)(C(=O)N3CCC(n4c(-c5ccccn5)nc5cccnc54)CC3)CC2)o1. The first-order chi connectivity index (χ1) is 19.4. The van der Waals surface area contributed by atoms with Gasteiger partial charge >= 0.3 is 0 Å². The third-order valence-corrected chi connectivity index (χ3v) is 8.06. The van der Waals surface area contributed by atoms with Crippen LogP contribution in [0.25, 0.3) is 22.7 Å². The highest BCUT2D eigenvalue weighted by molar-refractivity contribution is 5.85. The Hall–Kier alpha value is -3.63. The Balaban J connectivity index is 1.08. The van der Waals surface area contributed by atoms with Gasteiger partial charge in [-0.25, -0.2) is 14.4 Å². The van der Waals surface area contributed by atoms with Gasteiger partial charge in [0, 0.05) is 57.5 Å². The van der Waals surface area contributed by atoms with Crippen LogP contribution in [-0.4, -0.2) is 86.1 Å². The predicted octanol–water partition coefficient (Wildman–Crippen LogP) is 4.32. The number of imidazole rings is 1. The smallest absolute Gasteiger partial charge is 0.260 e. The van der Waals surface area contributed by atoms with E-state index in [1.54, 1.807) is 17.3 Å². The first-order valence-corrected chi connectivity index (χ1v) is 14.1. The molecular weight excluding hydrogens is 509 g/mol. The van der Waals surface area contributed by atoms with Crippen molar-refractivity contribution in [1.29, 1.82) is 0 Å². The first kappa shape index (κ1) is 26.6. The second-order valence-corrected chi connectivity index (χ2v) is 11.2. The molecule has 2 saturated heterocycles. The number of hydrogen-bond donors (Lipinski definition) is 0. The normalized spacial score (nSPS) is 18.6. The summed E-state index contributed by atoms with van der Waals surface area (Å²) in [7, 11) is 4.01. The second-order valence-electron chi connectivity index (χ2n) is 11.2. The van der Waals surface area contributed by atoms with Gasteiger partial charge in [-0.15, -0.1) is 0 Å². The summed E-state index contributed by atoms with van der Waals surface area (Å²) in [5, 5.41) is 0. The number of fused-ring (bicyclic) bond motifs is 1. The van der Waals surface area contributed by atoms with Crippen LogP contribution in [0.5, 0.6) is 0 Å². The fraction of sp³-hybridized carbons (Fsp3) is 0.467. The summed E-state index contributed by atoms with van der Waals surface area (Å²) in [6, 6.07) is 13.7. The van der Waals surface area contributed by atoms with Crippen LogP contribution in [0.3, 0.4) is 0 Å².